The maximum absolute atomic E-state index is 12.0. The highest BCUT2D eigenvalue weighted by molar-refractivity contribution is 5.81. The highest BCUT2D eigenvalue weighted by atomic mass is 16.5. The van der Waals surface area contributed by atoms with Crippen molar-refractivity contribution in [3.05, 3.63) is 0 Å². The maximum Gasteiger partial charge on any atom is 0.249 e. The molecule has 0 spiro atoms. The molecule has 1 unspecified atom stereocenters. The van der Waals surface area contributed by atoms with Gasteiger partial charge in [-0.3, -0.25) is 4.79 Å². The zero-order valence-corrected chi connectivity index (χ0v) is 11.8. The van der Waals surface area contributed by atoms with Gasteiger partial charge in [0, 0.05) is 12.1 Å². The van der Waals surface area contributed by atoms with Crippen molar-refractivity contribution >= 4 is 5.91 Å². The van der Waals surface area contributed by atoms with E-state index in [1.54, 1.807) is 0 Å². The van der Waals surface area contributed by atoms with Crippen LogP contribution in [0.3, 0.4) is 0 Å². The molecule has 0 saturated heterocycles. The zero-order chi connectivity index (χ0) is 13.0. The first-order valence-electron chi connectivity index (χ1n) is 5.99. The van der Waals surface area contributed by atoms with Crippen LogP contribution in [0.15, 0.2) is 0 Å². The Balaban J connectivity index is 4.47. The van der Waals surface area contributed by atoms with Gasteiger partial charge in [-0.05, 0) is 39.5 Å². The summed E-state index contributed by atoms with van der Waals surface area (Å²) >= 11 is 0. The Kier molecular flexibility index (Phi) is 5.47. The quantitative estimate of drug-likeness (QED) is 0.805. The topological polar surface area (TPSA) is 38.3 Å². The van der Waals surface area contributed by atoms with Crippen molar-refractivity contribution in [2.75, 3.05) is 6.61 Å². The molecule has 3 heteroatoms. The summed E-state index contributed by atoms with van der Waals surface area (Å²) in [4.78, 5) is 12.0. The maximum atomic E-state index is 12.0. The molecule has 1 N–H and O–H groups in total. The molecule has 0 aliphatic carbocycles. The van der Waals surface area contributed by atoms with E-state index in [0.29, 0.717) is 6.61 Å². The second-order valence-corrected chi connectivity index (χ2v) is 6.45. The molecule has 0 rings (SSSR count). The Labute approximate surface area is 99.9 Å². The summed E-state index contributed by atoms with van der Waals surface area (Å²) in [5.74, 6) is -0.00993. The van der Waals surface area contributed by atoms with E-state index in [1.807, 2.05) is 27.7 Å². The number of rotatable bonds is 4. The summed E-state index contributed by atoms with van der Waals surface area (Å²) in [6.45, 7) is 14.8. The Morgan fingerprint density at radius 1 is 1.19 bits per heavy atom. The van der Waals surface area contributed by atoms with Gasteiger partial charge in [0.1, 0.15) is 6.10 Å². The van der Waals surface area contributed by atoms with E-state index in [0.717, 1.165) is 6.42 Å². The fraction of sp³-hybridized carbons (Fsp3) is 0.923. The summed E-state index contributed by atoms with van der Waals surface area (Å²) in [5, 5.41) is 2.96. The third-order valence-corrected chi connectivity index (χ3v) is 1.96. The molecule has 0 fully saturated rings. The molecular formula is C13H27NO2. The van der Waals surface area contributed by atoms with Crippen molar-refractivity contribution in [2.45, 2.75) is 66.5 Å². The number of ether oxygens (including phenoxy) is 1. The molecule has 0 heterocycles. The molecule has 1 atom stereocenters. The van der Waals surface area contributed by atoms with Crippen LogP contribution in [0.2, 0.25) is 0 Å². The zero-order valence-electron chi connectivity index (χ0n) is 11.8. The summed E-state index contributed by atoms with van der Waals surface area (Å²) < 4.78 is 5.51. The molecule has 0 aliphatic heterocycles. The molecule has 0 aromatic rings. The van der Waals surface area contributed by atoms with Crippen LogP contribution < -0.4 is 5.32 Å². The average Bonchev–Trinajstić information content (AvgIpc) is 1.97. The van der Waals surface area contributed by atoms with Crippen molar-refractivity contribution in [3.63, 3.8) is 0 Å². The summed E-state index contributed by atoms with van der Waals surface area (Å²) in [6.07, 6.45) is 0.396. The normalized spacial score (nSPS) is 14.7. The van der Waals surface area contributed by atoms with Gasteiger partial charge < -0.3 is 10.1 Å². The molecule has 0 bridgehead atoms. The lowest BCUT2D eigenvalue weighted by molar-refractivity contribution is -0.136. The molecule has 96 valence electrons. The van der Waals surface area contributed by atoms with Crippen molar-refractivity contribution in [1.29, 1.82) is 0 Å². The van der Waals surface area contributed by atoms with Gasteiger partial charge in [0.25, 0.3) is 0 Å². The molecule has 1 amide bonds. The fourth-order valence-corrected chi connectivity index (χ4v) is 1.43. The Bertz CT molecular complexity index is 223. The van der Waals surface area contributed by atoms with E-state index in [2.05, 4.69) is 26.1 Å². The van der Waals surface area contributed by atoms with Crippen molar-refractivity contribution < 1.29 is 9.53 Å². The first kappa shape index (κ1) is 15.4. The van der Waals surface area contributed by atoms with Gasteiger partial charge in [-0.2, -0.15) is 0 Å². The van der Waals surface area contributed by atoms with Crippen LogP contribution >= 0.6 is 0 Å². The summed E-state index contributed by atoms with van der Waals surface area (Å²) in [7, 11) is 0. The second-order valence-electron chi connectivity index (χ2n) is 6.45. The molecule has 3 nitrogen and oxygen atoms in total. The standard InChI is InChI=1S/C13H27NO2/c1-8-16-10(9-12(2,3)4)11(15)14-13(5,6)7/h10H,8-9H2,1-7H3,(H,14,15). The van der Waals surface area contributed by atoms with Crippen LogP contribution in [0, 0.1) is 5.41 Å². The van der Waals surface area contributed by atoms with Crippen LogP contribution in [-0.4, -0.2) is 24.2 Å². The van der Waals surface area contributed by atoms with Crippen LogP contribution in [-0.2, 0) is 9.53 Å². The molecule has 0 aliphatic rings. The third kappa shape index (κ3) is 7.69. The minimum atomic E-state index is -0.343. The smallest absolute Gasteiger partial charge is 0.249 e. The van der Waals surface area contributed by atoms with Crippen molar-refractivity contribution in [1.82, 2.24) is 5.32 Å². The Morgan fingerprint density at radius 2 is 1.69 bits per heavy atom. The number of hydrogen-bond acceptors (Lipinski definition) is 2. The van der Waals surface area contributed by atoms with E-state index in [1.165, 1.54) is 0 Å². The SMILES string of the molecule is CCOC(CC(C)(C)C)C(=O)NC(C)(C)C. The first-order valence-corrected chi connectivity index (χ1v) is 5.99. The molecule has 0 aromatic heterocycles. The monoisotopic (exact) mass is 229 g/mol. The summed E-state index contributed by atoms with van der Waals surface area (Å²) in [5.41, 5.74) is -0.112. The van der Waals surface area contributed by atoms with E-state index < -0.39 is 0 Å². The molecule has 0 aromatic carbocycles. The molecule has 0 saturated carbocycles. The van der Waals surface area contributed by atoms with Gasteiger partial charge in [-0.1, -0.05) is 20.8 Å². The minimum Gasteiger partial charge on any atom is -0.369 e. The number of carbonyl (C=O) groups is 1. The average molecular weight is 229 g/mol. The number of carbonyl (C=O) groups excluding carboxylic acids is 1. The van der Waals surface area contributed by atoms with Gasteiger partial charge >= 0.3 is 0 Å². The van der Waals surface area contributed by atoms with Crippen LogP contribution in [0.5, 0.6) is 0 Å². The van der Waals surface area contributed by atoms with E-state index in [9.17, 15) is 4.79 Å². The van der Waals surface area contributed by atoms with Gasteiger partial charge in [-0.15, -0.1) is 0 Å². The highest BCUT2D eigenvalue weighted by Gasteiger charge is 2.27. The Hall–Kier alpha value is -0.570. The fourth-order valence-electron chi connectivity index (χ4n) is 1.43. The number of nitrogens with one attached hydrogen (secondary N) is 1. The van der Waals surface area contributed by atoms with Gasteiger partial charge in [0.15, 0.2) is 0 Å². The van der Waals surface area contributed by atoms with Crippen molar-refractivity contribution in [3.8, 4) is 0 Å². The lowest BCUT2D eigenvalue weighted by Gasteiger charge is -2.28. The lowest BCUT2D eigenvalue weighted by Crippen LogP contribution is -2.47. The van der Waals surface area contributed by atoms with Crippen LogP contribution in [0.4, 0.5) is 0 Å². The lowest BCUT2D eigenvalue weighted by atomic mass is 9.88. The largest absolute Gasteiger partial charge is 0.369 e. The number of amides is 1. The van der Waals surface area contributed by atoms with E-state index in [-0.39, 0.29) is 23.0 Å². The number of hydrogen-bond donors (Lipinski definition) is 1. The predicted octanol–water partition coefficient (Wildman–Crippen LogP) is 2.74. The Morgan fingerprint density at radius 3 is 2.00 bits per heavy atom. The van der Waals surface area contributed by atoms with Gasteiger partial charge in [0.2, 0.25) is 5.91 Å². The van der Waals surface area contributed by atoms with Gasteiger partial charge in [0.05, 0.1) is 0 Å². The van der Waals surface area contributed by atoms with Crippen LogP contribution in [0.25, 0.3) is 0 Å². The third-order valence-electron chi connectivity index (χ3n) is 1.96. The van der Waals surface area contributed by atoms with Crippen molar-refractivity contribution in [2.24, 2.45) is 5.41 Å². The second kappa shape index (κ2) is 5.67. The van der Waals surface area contributed by atoms with Gasteiger partial charge in [-0.25, -0.2) is 0 Å². The van der Waals surface area contributed by atoms with Crippen LogP contribution in [0.1, 0.15) is 54.9 Å². The highest BCUT2D eigenvalue weighted by Crippen LogP contribution is 2.22. The van der Waals surface area contributed by atoms with E-state index >= 15 is 0 Å². The predicted molar refractivity (Wildman–Crippen MR) is 67.4 cm³/mol. The molecular weight excluding hydrogens is 202 g/mol. The first-order chi connectivity index (χ1) is 7.05. The summed E-state index contributed by atoms with van der Waals surface area (Å²) in [6, 6.07) is 0. The molecule has 16 heavy (non-hydrogen) atoms. The molecule has 0 radical (unpaired) electrons. The minimum absolute atomic E-state index is 0.00993. The van der Waals surface area contributed by atoms with E-state index in [4.69, 9.17) is 4.74 Å².